The molecule has 0 saturated heterocycles. The Balaban J connectivity index is 1.54. The number of carbonyl (C=O) groups excluding carboxylic acids is 1. The summed E-state index contributed by atoms with van der Waals surface area (Å²) in [6.07, 6.45) is 7.89. The van der Waals surface area contributed by atoms with Gasteiger partial charge in [-0.25, -0.2) is 0 Å². The van der Waals surface area contributed by atoms with Gasteiger partial charge in [0.25, 0.3) is 0 Å². The van der Waals surface area contributed by atoms with Crippen LogP contribution in [0.1, 0.15) is 36.8 Å². The second-order valence-corrected chi connectivity index (χ2v) is 5.95. The molecule has 0 spiro atoms. The molecule has 4 nitrogen and oxygen atoms in total. The van der Waals surface area contributed by atoms with E-state index in [0.717, 1.165) is 50.0 Å². The number of benzene rings is 1. The first-order valence-electron chi connectivity index (χ1n) is 7.59. The van der Waals surface area contributed by atoms with Crippen molar-refractivity contribution in [2.45, 2.75) is 37.7 Å². The Morgan fingerprint density at radius 2 is 2.19 bits per heavy atom. The summed E-state index contributed by atoms with van der Waals surface area (Å²) in [7, 11) is 0. The van der Waals surface area contributed by atoms with Gasteiger partial charge in [-0.15, -0.1) is 0 Å². The summed E-state index contributed by atoms with van der Waals surface area (Å²) in [5, 5.41) is 13.0. The average Bonchev–Trinajstić information content (AvgIpc) is 3.11. The number of aliphatic hydroxyl groups is 1. The summed E-state index contributed by atoms with van der Waals surface area (Å²) < 4.78 is 5.45. The van der Waals surface area contributed by atoms with Crippen molar-refractivity contribution >= 4 is 12.0 Å². The lowest BCUT2D eigenvalue weighted by Crippen LogP contribution is -2.40. The van der Waals surface area contributed by atoms with Crippen LogP contribution in [-0.4, -0.2) is 29.8 Å². The number of amides is 1. The maximum Gasteiger partial charge on any atom is 0.244 e. The van der Waals surface area contributed by atoms with E-state index in [9.17, 15) is 9.90 Å². The smallest absolute Gasteiger partial charge is 0.244 e. The lowest BCUT2D eigenvalue weighted by Gasteiger charge is -2.21. The molecular weight excluding hydrogens is 266 g/mol. The quantitative estimate of drug-likeness (QED) is 0.833. The van der Waals surface area contributed by atoms with Gasteiger partial charge in [0.05, 0.1) is 12.2 Å². The Kier molecular flexibility index (Phi) is 3.97. The second kappa shape index (κ2) is 5.90. The van der Waals surface area contributed by atoms with Gasteiger partial charge in [-0.3, -0.25) is 4.79 Å². The van der Waals surface area contributed by atoms with Crippen LogP contribution in [0.5, 0.6) is 5.75 Å². The van der Waals surface area contributed by atoms with Crippen molar-refractivity contribution in [2.24, 2.45) is 0 Å². The summed E-state index contributed by atoms with van der Waals surface area (Å²) in [4.78, 5) is 11.8. The highest BCUT2D eigenvalue weighted by Crippen LogP contribution is 2.28. The number of rotatable bonds is 4. The van der Waals surface area contributed by atoms with Crippen LogP contribution >= 0.6 is 0 Å². The third-order valence-corrected chi connectivity index (χ3v) is 4.27. The predicted octanol–water partition coefficient (Wildman–Crippen LogP) is 2.06. The maximum atomic E-state index is 11.8. The number of fused-ring (bicyclic) bond motifs is 1. The van der Waals surface area contributed by atoms with Crippen molar-refractivity contribution in [1.29, 1.82) is 0 Å². The van der Waals surface area contributed by atoms with Crippen LogP contribution in [0.3, 0.4) is 0 Å². The second-order valence-electron chi connectivity index (χ2n) is 5.95. The zero-order chi connectivity index (χ0) is 14.7. The molecule has 1 aliphatic heterocycles. The molecule has 1 heterocycles. The van der Waals surface area contributed by atoms with Gasteiger partial charge in [0, 0.05) is 19.0 Å². The molecule has 2 N–H and O–H groups in total. The third-order valence-electron chi connectivity index (χ3n) is 4.27. The zero-order valence-corrected chi connectivity index (χ0v) is 12.1. The summed E-state index contributed by atoms with van der Waals surface area (Å²) in [5.41, 5.74) is 1.49. The van der Waals surface area contributed by atoms with E-state index in [2.05, 4.69) is 11.4 Å². The molecule has 2 aliphatic rings. The van der Waals surface area contributed by atoms with E-state index < -0.39 is 5.60 Å². The SMILES string of the molecule is O=C(C=Cc1ccc2c(c1)CCO2)NCC1(O)CCCC1. The molecule has 0 radical (unpaired) electrons. The fraction of sp³-hybridized carbons (Fsp3) is 0.471. The van der Waals surface area contributed by atoms with Crippen molar-refractivity contribution in [3.05, 3.63) is 35.4 Å². The Morgan fingerprint density at radius 3 is 3.00 bits per heavy atom. The van der Waals surface area contributed by atoms with Crippen LogP contribution in [-0.2, 0) is 11.2 Å². The summed E-state index contributed by atoms with van der Waals surface area (Å²) in [6.45, 7) is 1.08. The molecule has 1 aromatic rings. The van der Waals surface area contributed by atoms with Gasteiger partial charge in [-0.2, -0.15) is 0 Å². The number of nitrogens with one attached hydrogen (secondary N) is 1. The van der Waals surface area contributed by atoms with Crippen molar-refractivity contribution < 1.29 is 14.6 Å². The minimum atomic E-state index is -0.700. The highest BCUT2D eigenvalue weighted by atomic mass is 16.5. The molecule has 1 aromatic carbocycles. The number of hydrogen-bond acceptors (Lipinski definition) is 3. The predicted molar refractivity (Wildman–Crippen MR) is 81.1 cm³/mol. The first-order chi connectivity index (χ1) is 10.1. The van der Waals surface area contributed by atoms with E-state index in [1.807, 2.05) is 12.1 Å². The monoisotopic (exact) mass is 287 g/mol. The van der Waals surface area contributed by atoms with E-state index in [0.29, 0.717) is 6.54 Å². The van der Waals surface area contributed by atoms with Gasteiger partial charge in [-0.1, -0.05) is 18.9 Å². The molecule has 1 fully saturated rings. The van der Waals surface area contributed by atoms with E-state index >= 15 is 0 Å². The van der Waals surface area contributed by atoms with Crippen LogP contribution in [0.15, 0.2) is 24.3 Å². The summed E-state index contributed by atoms with van der Waals surface area (Å²) in [6, 6.07) is 5.94. The number of carbonyl (C=O) groups is 1. The topological polar surface area (TPSA) is 58.6 Å². The highest BCUT2D eigenvalue weighted by molar-refractivity contribution is 5.91. The van der Waals surface area contributed by atoms with Gasteiger partial charge in [0.15, 0.2) is 0 Å². The van der Waals surface area contributed by atoms with Gasteiger partial charge in [-0.05, 0) is 42.2 Å². The van der Waals surface area contributed by atoms with Gasteiger partial charge in [0.2, 0.25) is 5.91 Å². The van der Waals surface area contributed by atoms with Crippen molar-refractivity contribution in [1.82, 2.24) is 5.32 Å². The first-order valence-corrected chi connectivity index (χ1v) is 7.59. The van der Waals surface area contributed by atoms with Crippen molar-refractivity contribution in [3.8, 4) is 5.75 Å². The van der Waals surface area contributed by atoms with E-state index in [1.54, 1.807) is 6.08 Å². The van der Waals surface area contributed by atoms with Gasteiger partial charge >= 0.3 is 0 Å². The Bertz CT molecular complexity index is 559. The van der Waals surface area contributed by atoms with E-state index in [1.165, 1.54) is 11.6 Å². The van der Waals surface area contributed by atoms with Crippen LogP contribution < -0.4 is 10.1 Å². The molecule has 21 heavy (non-hydrogen) atoms. The molecule has 3 rings (SSSR count). The number of ether oxygens (including phenoxy) is 1. The largest absolute Gasteiger partial charge is 0.493 e. The van der Waals surface area contributed by atoms with Gasteiger partial charge < -0.3 is 15.2 Å². The molecule has 112 valence electrons. The highest BCUT2D eigenvalue weighted by Gasteiger charge is 2.30. The number of hydrogen-bond donors (Lipinski definition) is 2. The lowest BCUT2D eigenvalue weighted by atomic mass is 10.0. The lowest BCUT2D eigenvalue weighted by molar-refractivity contribution is -0.117. The molecule has 0 bridgehead atoms. The Morgan fingerprint density at radius 1 is 1.38 bits per heavy atom. The normalized spacial score (nSPS) is 19.5. The maximum absolute atomic E-state index is 11.8. The van der Waals surface area contributed by atoms with E-state index in [-0.39, 0.29) is 5.91 Å². The zero-order valence-electron chi connectivity index (χ0n) is 12.1. The van der Waals surface area contributed by atoms with E-state index in [4.69, 9.17) is 4.74 Å². The minimum Gasteiger partial charge on any atom is -0.493 e. The fourth-order valence-corrected chi connectivity index (χ4v) is 3.00. The van der Waals surface area contributed by atoms with Crippen LogP contribution in [0.25, 0.3) is 6.08 Å². The summed E-state index contributed by atoms with van der Waals surface area (Å²) in [5.74, 6) is 0.784. The molecular formula is C17H21NO3. The minimum absolute atomic E-state index is 0.160. The molecule has 0 unspecified atom stereocenters. The molecule has 0 atom stereocenters. The van der Waals surface area contributed by atoms with Crippen LogP contribution in [0.2, 0.25) is 0 Å². The van der Waals surface area contributed by atoms with Crippen LogP contribution in [0, 0.1) is 0 Å². The standard InChI is InChI=1S/C17H21NO3/c19-16(18-12-17(20)8-1-2-9-17)6-4-13-3-5-15-14(11-13)7-10-21-15/h3-6,11,20H,1-2,7-10,12H2,(H,18,19). The molecule has 1 amide bonds. The molecule has 4 heteroatoms. The van der Waals surface area contributed by atoms with Crippen molar-refractivity contribution in [3.63, 3.8) is 0 Å². The molecule has 1 saturated carbocycles. The first kappa shape index (κ1) is 14.1. The molecule has 1 aliphatic carbocycles. The summed E-state index contributed by atoms with van der Waals surface area (Å²) >= 11 is 0. The van der Waals surface area contributed by atoms with Crippen molar-refractivity contribution in [2.75, 3.05) is 13.2 Å². The fourth-order valence-electron chi connectivity index (χ4n) is 3.00. The average molecular weight is 287 g/mol. The van der Waals surface area contributed by atoms with Gasteiger partial charge in [0.1, 0.15) is 5.75 Å². The Labute approximate surface area is 124 Å². The Hall–Kier alpha value is -1.81. The third kappa shape index (κ3) is 3.45. The van der Waals surface area contributed by atoms with Crippen LogP contribution in [0.4, 0.5) is 0 Å². The molecule has 0 aromatic heterocycles.